The van der Waals surface area contributed by atoms with Gasteiger partial charge in [0.1, 0.15) is 0 Å². The summed E-state index contributed by atoms with van der Waals surface area (Å²) in [5.74, 6) is 0.836. The molecule has 0 atom stereocenters. The van der Waals surface area contributed by atoms with Gasteiger partial charge in [0.2, 0.25) is 5.91 Å². The Labute approximate surface area is 185 Å². The van der Waals surface area contributed by atoms with Crippen LogP contribution in [0, 0.1) is 5.92 Å². The summed E-state index contributed by atoms with van der Waals surface area (Å²) in [6.45, 7) is 8.95. The van der Waals surface area contributed by atoms with Crippen molar-refractivity contribution in [2.75, 3.05) is 39.3 Å². The zero-order chi connectivity index (χ0) is 21.8. The van der Waals surface area contributed by atoms with Crippen LogP contribution in [-0.4, -0.2) is 65.9 Å². The quantitative estimate of drug-likeness (QED) is 0.775. The summed E-state index contributed by atoms with van der Waals surface area (Å²) < 4.78 is 0. The highest BCUT2D eigenvalue weighted by Crippen LogP contribution is 2.27. The normalized spacial score (nSPS) is 18.1. The lowest BCUT2D eigenvalue weighted by atomic mass is 10.0. The third-order valence-corrected chi connectivity index (χ3v) is 6.67. The molecule has 4 rings (SSSR count). The summed E-state index contributed by atoms with van der Waals surface area (Å²) in [6, 6.07) is 9.75. The second-order valence-corrected chi connectivity index (χ2v) is 9.17. The van der Waals surface area contributed by atoms with E-state index in [1.54, 1.807) is 0 Å². The molecule has 6 nitrogen and oxygen atoms in total. The van der Waals surface area contributed by atoms with Crippen LogP contribution < -0.4 is 5.32 Å². The first-order valence-corrected chi connectivity index (χ1v) is 11.7. The minimum atomic E-state index is -0.0458. The molecule has 2 aromatic rings. The molecule has 1 aromatic carbocycles. The summed E-state index contributed by atoms with van der Waals surface area (Å²) in [5.41, 5.74) is 2.50. The standard InChI is InChI=1S/C25H34N4O2/c1-18(2)23-17-21(20-9-5-6-10-22(20)27-23)24(30)26-11-12-28-13-15-29(16-14-28)25(31)19-7-3-4-8-19/h5-6,9-10,17-19H,3-4,7-8,11-16H2,1-2H3,(H,26,30). The molecule has 6 heteroatoms. The maximum absolute atomic E-state index is 13.0. The Morgan fingerprint density at radius 3 is 2.52 bits per heavy atom. The van der Waals surface area contributed by atoms with Crippen LogP contribution >= 0.6 is 0 Å². The summed E-state index contributed by atoms with van der Waals surface area (Å²) in [4.78, 5) is 34.6. The molecule has 2 amide bonds. The van der Waals surface area contributed by atoms with Crippen LogP contribution in [-0.2, 0) is 4.79 Å². The van der Waals surface area contributed by atoms with Crippen LogP contribution in [0.1, 0.15) is 61.5 Å². The molecule has 2 heterocycles. The van der Waals surface area contributed by atoms with E-state index in [-0.39, 0.29) is 17.7 Å². The molecule has 1 aromatic heterocycles. The lowest BCUT2D eigenvalue weighted by Crippen LogP contribution is -2.51. The van der Waals surface area contributed by atoms with E-state index in [4.69, 9.17) is 4.98 Å². The van der Waals surface area contributed by atoms with Gasteiger partial charge in [-0.05, 0) is 30.9 Å². The topological polar surface area (TPSA) is 65.5 Å². The predicted octanol–water partition coefficient (Wildman–Crippen LogP) is 3.42. The van der Waals surface area contributed by atoms with Gasteiger partial charge in [0.25, 0.3) is 5.91 Å². The third-order valence-electron chi connectivity index (χ3n) is 6.67. The molecular formula is C25H34N4O2. The molecule has 2 fully saturated rings. The first kappa shape index (κ1) is 21.8. The Morgan fingerprint density at radius 1 is 1.10 bits per heavy atom. The first-order valence-electron chi connectivity index (χ1n) is 11.7. The second kappa shape index (κ2) is 9.77. The van der Waals surface area contributed by atoms with Crippen molar-refractivity contribution in [2.45, 2.75) is 45.4 Å². The lowest BCUT2D eigenvalue weighted by molar-refractivity contribution is -0.137. The number of nitrogens with zero attached hydrogens (tertiary/aromatic N) is 3. The largest absolute Gasteiger partial charge is 0.351 e. The van der Waals surface area contributed by atoms with Gasteiger partial charge in [0, 0.05) is 56.3 Å². The first-order chi connectivity index (χ1) is 15.0. The molecule has 0 radical (unpaired) electrons. The number of pyridine rings is 1. The molecule has 0 unspecified atom stereocenters. The summed E-state index contributed by atoms with van der Waals surface area (Å²) in [7, 11) is 0. The van der Waals surface area contributed by atoms with Crippen molar-refractivity contribution >= 4 is 22.7 Å². The van der Waals surface area contributed by atoms with Gasteiger partial charge in [-0.15, -0.1) is 0 Å². The smallest absolute Gasteiger partial charge is 0.252 e. The zero-order valence-electron chi connectivity index (χ0n) is 18.8. The van der Waals surface area contributed by atoms with Crippen molar-refractivity contribution in [1.82, 2.24) is 20.1 Å². The monoisotopic (exact) mass is 422 g/mol. The maximum Gasteiger partial charge on any atom is 0.252 e. The Bertz CT molecular complexity index is 928. The van der Waals surface area contributed by atoms with Crippen molar-refractivity contribution in [3.05, 3.63) is 41.6 Å². The van der Waals surface area contributed by atoms with Gasteiger partial charge < -0.3 is 10.2 Å². The van der Waals surface area contributed by atoms with E-state index in [0.29, 0.717) is 18.0 Å². The van der Waals surface area contributed by atoms with Crippen molar-refractivity contribution in [1.29, 1.82) is 0 Å². The van der Waals surface area contributed by atoms with Gasteiger partial charge in [-0.1, -0.05) is 44.9 Å². The third kappa shape index (κ3) is 5.06. The average Bonchev–Trinajstić information content (AvgIpc) is 3.33. The number of piperazine rings is 1. The van der Waals surface area contributed by atoms with Crippen LogP contribution in [0.25, 0.3) is 10.9 Å². The molecule has 1 N–H and O–H groups in total. The van der Waals surface area contributed by atoms with Crippen LogP contribution in [0.5, 0.6) is 0 Å². The van der Waals surface area contributed by atoms with Gasteiger partial charge in [0.15, 0.2) is 0 Å². The van der Waals surface area contributed by atoms with E-state index in [0.717, 1.165) is 62.2 Å². The summed E-state index contributed by atoms with van der Waals surface area (Å²) in [6.07, 6.45) is 4.52. The van der Waals surface area contributed by atoms with Crippen molar-refractivity contribution in [2.24, 2.45) is 5.92 Å². The van der Waals surface area contributed by atoms with Gasteiger partial charge in [0.05, 0.1) is 11.1 Å². The van der Waals surface area contributed by atoms with Crippen molar-refractivity contribution in [3.63, 3.8) is 0 Å². The predicted molar refractivity (Wildman–Crippen MR) is 123 cm³/mol. The van der Waals surface area contributed by atoms with Crippen LogP contribution in [0.15, 0.2) is 30.3 Å². The van der Waals surface area contributed by atoms with Gasteiger partial charge in [-0.2, -0.15) is 0 Å². The number of benzene rings is 1. The molecule has 0 bridgehead atoms. The van der Waals surface area contributed by atoms with Crippen LogP contribution in [0.2, 0.25) is 0 Å². The van der Waals surface area contributed by atoms with E-state index in [1.165, 1.54) is 12.8 Å². The summed E-state index contributed by atoms with van der Waals surface area (Å²) >= 11 is 0. The fourth-order valence-electron chi connectivity index (χ4n) is 4.73. The Hall–Kier alpha value is -2.47. The molecule has 1 aliphatic heterocycles. The molecule has 2 aliphatic rings. The molecule has 1 saturated carbocycles. The van der Waals surface area contributed by atoms with E-state index < -0.39 is 0 Å². The van der Waals surface area contributed by atoms with E-state index in [1.807, 2.05) is 35.2 Å². The minimum absolute atomic E-state index is 0.0458. The number of rotatable bonds is 6. The molecule has 0 spiro atoms. The highest BCUT2D eigenvalue weighted by molar-refractivity contribution is 6.06. The van der Waals surface area contributed by atoms with E-state index in [2.05, 4.69) is 24.1 Å². The minimum Gasteiger partial charge on any atom is -0.351 e. The SMILES string of the molecule is CC(C)c1cc(C(=O)NCCN2CCN(C(=O)C3CCCC3)CC2)c2ccccc2n1. The maximum atomic E-state index is 13.0. The molecule has 1 saturated heterocycles. The van der Waals surface area contributed by atoms with Crippen LogP contribution in [0.4, 0.5) is 0 Å². The van der Waals surface area contributed by atoms with Gasteiger partial charge in [-0.25, -0.2) is 0 Å². The highest BCUT2D eigenvalue weighted by atomic mass is 16.2. The zero-order valence-corrected chi connectivity index (χ0v) is 18.8. The fraction of sp³-hybridized carbons (Fsp3) is 0.560. The van der Waals surface area contributed by atoms with Gasteiger partial charge >= 0.3 is 0 Å². The molecular weight excluding hydrogens is 388 g/mol. The number of hydrogen-bond donors (Lipinski definition) is 1. The van der Waals surface area contributed by atoms with Gasteiger partial charge in [-0.3, -0.25) is 19.5 Å². The van der Waals surface area contributed by atoms with E-state index >= 15 is 0 Å². The molecule has 166 valence electrons. The summed E-state index contributed by atoms with van der Waals surface area (Å²) in [5, 5.41) is 3.99. The van der Waals surface area contributed by atoms with E-state index in [9.17, 15) is 9.59 Å². The number of carbonyl (C=O) groups excluding carboxylic acids is 2. The highest BCUT2D eigenvalue weighted by Gasteiger charge is 2.29. The van der Waals surface area contributed by atoms with Crippen molar-refractivity contribution < 1.29 is 9.59 Å². The Balaban J connectivity index is 1.30. The Kier molecular flexibility index (Phi) is 6.86. The fourth-order valence-corrected chi connectivity index (χ4v) is 4.73. The van der Waals surface area contributed by atoms with Crippen molar-refractivity contribution in [3.8, 4) is 0 Å². The second-order valence-electron chi connectivity index (χ2n) is 9.17. The van der Waals surface area contributed by atoms with Crippen LogP contribution in [0.3, 0.4) is 0 Å². The number of para-hydroxylation sites is 1. The number of hydrogen-bond acceptors (Lipinski definition) is 4. The average molecular weight is 423 g/mol. The number of amides is 2. The molecule has 31 heavy (non-hydrogen) atoms. The number of carbonyl (C=O) groups is 2. The Morgan fingerprint density at radius 2 is 1.81 bits per heavy atom. The number of nitrogens with one attached hydrogen (secondary N) is 1. The number of fused-ring (bicyclic) bond motifs is 1. The molecule has 1 aliphatic carbocycles. The lowest BCUT2D eigenvalue weighted by Gasteiger charge is -2.36. The number of aromatic nitrogens is 1.